The van der Waals surface area contributed by atoms with Gasteiger partial charge in [-0.05, 0) is 51.2 Å². The summed E-state index contributed by atoms with van der Waals surface area (Å²) in [4.78, 5) is 45.2. The largest absolute Gasteiger partial charge is 0.350 e. The highest BCUT2D eigenvalue weighted by Crippen LogP contribution is 2.32. The van der Waals surface area contributed by atoms with Crippen LogP contribution in [0.25, 0.3) is 0 Å². The first kappa shape index (κ1) is 21.8. The second-order valence-corrected chi connectivity index (χ2v) is 9.41. The van der Waals surface area contributed by atoms with Crippen molar-refractivity contribution in [2.75, 3.05) is 37.6 Å². The molecule has 0 unspecified atom stereocenters. The molecule has 3 aliphatic heterocycles. The van der Waals surface area contributed by atoms with Gasteiger partial charge in [-0.2, -0.15) is 0 Å². The molecular formula is C25H32N6O2. The van der Waals surface area contributed by atoms with E-state index in [1.807, 2.05) is 23.2 Å². The van der Waals surface area contributed by atoms with Crippen LogP contribution >= 0.6 is 0 Å². The SMILES string of the molecule is Cc1nc([C@H]2CCCN(C(=O)CN3CCCC3=O)C2)nc2c1CCCN2Cc1ccccn1. The lowest BCUT2D eigenvalue weighted by molar-refractivity contribution is -0.139. The lowest BCUT2D eigenvalue weighted by Crippen LogP contribution is -2.45. The van der Waals surface area contributed by atoms with Gasteiger partial charge in [0.25, 0.3) is 0 Å². The zero-order valence-corrected chi connectivity index (χ0v) is 19.4. The van der Waals surface area contributed by atoms with Gasteiger partial charge in [-0.25, -0.2) is 9.97 Å². The fraction of sp³-hybridized carbons (Fsp3) is 0.560. The molecule has 2 fully saturated rings. The van der Waals surface area contributed by atoms with E-state index in [0.717, 1.165) is 74.8 Å². The summed E-state index contributed by atoms with van der Waals surface area (Å²) in [6, 6.07) is 6.01. The topological polar surface area (TPSA) is 82.5 Å². The third kappa shape index (κ3) is 4.70. The van der Waals surface area contributed by atoms with Crippen LogP contribution in [0.1, 0.15) is 60.8 Å². The van der Waals surface area contributed by atoms with Crippen molar-refractivity contribution in [3.8, 4) is 0 Å². The number of hydrogen-bond acceptors (Lipinski definition) is 6. The quantitative estimate of drug-likeness (QED) is 0.699. The second kappa shape index (κ2) is 9.45. The Kier molecular flexibility index (Phi) is 6.24. The number of carbonyl (C=O) groups is 2. The van der Waals surface area contributed by atoms with Crippen molar-refractivity contribution in [3.05, 3.63) is 47.2 Å². The Hall–Kier alpha value is -3.03. The molecule has 2 saturated heterocycles. The van der Waals surface area contributed by atoms with Gasteiger partial charge >= 0.3 is 0 Å². The van der Waals surface area contributed by atoms with E-state index >= 15 is 0 Å². The van der Waals surface area contributed by atoms with Gasteiger partial charge < -0.3 is 14.7 Å². The third-order valence-corrected chi connectivity index (χ3v) is 7.08. The molecule has 0 aliphatic carbocycles. The van der Waals surface area contributed by atoms with Crippen molar-refractivity contribution in [2.45, 2.75) is 57.9 Å². The van der Waals surface area contributed by atoms with Crippen molar-refractivity contribution in [3.63, 3.8) is 0 Å². The fourth-order valence-corrected chi connectivity index (χ4v) is 5.28. The standard InChI is InChI=1S/C25H32N6O2/c1-18-21-9-5-14-31(16-20-8-2-3-11-26-20)25(21)28-24(27-18)19-7-4-12-29(15-19)23(33)17-30-13-6-10-22(30)32/h2-3,8,11,19H,4-7,9-10,12-17H2,1H3/t19-/m0/s1. The number of rotatable bonds is 5. The Labute approximate surface area is 195 Å². The first-order chi connectivity index (χ1) is 16.1. The van der Waals surface area contributed by atoms with Crippen LogP contribution in [0, 0.1) is 6.92 Å². The van der Waals surface area contributed by atoms with Gasteiger partial charge in [-0.1, -0.05) is 6.07 Å². The molecule has 2 aromatic heterocycles. The molecule has 2 amide bonds. The van der Waals surface area contributed by atoms with Crippen LogP contribution in [0.3, 0.4) is 0 Å². The number of aromatic nitrogens is 3. The van der Waals surface area contributed by atoms with Gasteiger partial charge in [0.05, 0.1) is 18.8 Å². The van der Waals surface area contributed by atoms with Gasteiger partial charge in [0, 0.05) is 56.0 Å². The first-order valence-electron chi connectivity index (χ1n) is 12.2. The van der Waals surface area contributed by atoms with Crippen molar-refractivity contribution < 1.29 is 9.59 Å². The number of aryl methyl sites for hydroxylation is 1. The number of carbonyl (C=O) groups excluding carboxylic acids is 2. The first-order valence-corrected chi connectivity index (χ1v) is 12.2. The van der Waals surface area contributed by atoms with E-state index in [0.29, 0.717) is 19.5 Å². The number of amides is 2. The van der Waals surface area contributed by atoms with E-state index in [4.69, 9.17) is 9.97 Å². The summed E-state index contributed by atoms with van der Waals surface area (Å²) in [5.74, 6) is 2.13. The molecule has 1 atom stereocenters. The van der Waals surface area contributed by atoms with Crippen LogP contribution in [-0.4, -0.2) is 69.3 Å². The number of hydrogen-bond donors (Lipinski definition) is 0. The van der Waals surface area contributed by atoms with Crippen molar-refractivity contribution in [1.82, 2.24) is 24.8 Å². The summed E-state index contributed by atoms with van der Waals surface area (Å²) < 4.78 is 0. The Balaban J connectivity index is 1.33. The highest BCUT2D eigenvalue weighted by atomic mass is 16.2. The van der Waals surface area contributed by atoms with E-state index in [9.17, 15) is 9.59 Å². The summed E-state index contributed by atoms with van der Waals surface area (Å²) >= 11 is 0. The fourth-order valence-electron chi connectivity index (χ4n) is 5.28. The molecule has 5 heterocycles. The summed E-state index contributed by atoms with van der Waals surface area (Å²) in [5, 5.41) is 0. The molecule has 2 aromatic rings. The highest BCUT2D eigenvalue weighted by molar-refractivity contribution is 5.86. The molecular weight excluding hydrogens is 416 g/mol. The molecule has 0 aromatic carbocycles. The predicted molar refractivity (Wildman–Crippen MR) is 125 cm³/mol. The van der Waals surface area contributed by atoms with E-state index in [-0.39, 0.29) is 24.3 Å². The number of likely N-dealkylation sites (tertiary alicyclic amines) is 2. The summed E-state index contributed by atoms with van der Waals surface area (Å²) in [6.45, 7) is 6.04. The Morgan fingerprint density at radius 2 is 1.91 bits per heavy atom. The molecule has 0 saturated carbocycles. The number of anilines is 1. The van der Waals surface area contributed by atoms with Gasteiger partial charge in [-0.15, -0.1) is 0 Å². The van der Waals surface area contributed by atoms with Gasteiger partial charge in [0.1, 0.15) is 11.6 Å². The zero-order valence-electron chi connectivity index (χ0n) is 19.4. The van der Waals surface area contributed by atoms with Crippen LogP contribution in [0.4, 0.5) is 5.82 Å². The molecule has 33 heavy (non-hydrogen) atoms. The number of fused-ring (bicyclic) bond motifs is 1. The molecule has 8 nitrogen and oxygen atoms in total. The molecule has 0 radical (unpaired) electrons. The van der Waals surface area contributed by atoms with Crippen LogP contribution in [0.5, 0.6) is 0 Å². The second-order valence-electron chi connectivity index (χ2n) is 9.41. The number of piperidine rings is 1. The molecule has 8 heteroatoms. The molecule has 3 aliphatic rings. The van der Waals surface area contributed by atoms with E-state index in [1.165, 1.54) is 5.56 Å². The van der Waals surface area contributed by atoms with Crippen LogP contribution < -0.4 is 4.90 Å². The number of pyridine rings is 1. The molecule has 5 rings (SSSR count). The molecule has 0 bridgehead atoms. The van der Waals surface area contributed by atoms with Crippen molar-refractivity contribution in [2.24, 2.45) is 0 Å². The Bertz CT molecular complexity index is 1030. The lowest BCUT2D eigenvalue weighted by atomic mass is 9.96. The van der Waals surface area contributed by atoms with Crippen molar-refractivity contribution >= 4 is 17.6 Å². The smallest absolute Gasteiger partial charge is 0.242 e. The van der Waals surface area contributed by atoms with Gasteiger partial charge in [0.15, 0.2) is 0 Å². The van der Waals surface area contributed by atoms with Crippen LogP contribution in [0.15, 0.2) is 24.4 Å². The average Bonchev–Trinajstić information content (AvgIpc) is 3.24. The normalized spacial score (nSPS) is 20.8. The minimum absolute atomic E-state index is 0.0430. The molecule has 0 spiro atoms. The van der Waals surface area contributed by atoms with E-state index < -0.39 is 0 Å². The van der Waals surface area contributed by atoms with E-state index in [2.05, 4.69) is 22.9 Å². The average molecular weight is 449 g/mol. The number of nitrogens with zero attached hydrogens (tertiary/aromatic N) is 6. The predicted octanol–water partition coefficient (Wildman–Crippen LogP) is 2.46. The Morgan fingerprint density at radius 3 is 2.70 bits per heavy atom. The van der Waals surface area contributed by atoms with Crippen LogP contribution in [-0.2, 0) is 22.6 Å². The lowest BCUT2D eigenvalue weighted by Gasteiger charge is -2.35. The van der Waals surface area contributed by atoms with Crippen LogP contribution in [0.2, 0.25) is 0 Å². The summed E-state index contributed by atoms with van der Waals surface area (Å²) in [5.41, 5.74) is 3.32. The minimum Gasteiger partial charge on any atom is -0.350 e. The zero-order chi connectivity index (χ0) is 22.8. The Morgan fingerprint density at radius 1 is 1.06 bits per heavy atom. The maximum atomic E-state index is 12.9. The molecule has 0 N–H and O–H groups in total. The minimum atomic E-state index is 0.0430. The van der Waals surface area contributed by atoms with Crippen molar-refractivity contribution in [1.29, 1.82) is 0 Å². The summed E-state index contributed by atoms with van der Waals surface area (Å²) in [7, 11) is 0. The van der Waals surface area contributed by atoms with Gasteiger partial charge in [0.2, 0.25) is 11.8 Å². The third-order valence-electron chi connectivity index (χ3n) is 7.08. The maximum absolute atomic E-state index is 12.9. The van der Waals surface area contributed by atoms with E-state index in [1.54, 1.807) is 4.90 Å². The highest BCUT2D eigenvalue weighted by Gasteiger charge is 2.31. The molecule has 174 valence electrons. The van der Waals surface area contributed by atoms with Gasteiger partial charge in [-0.3, -0.25) is 14.6 Å². The monoisotopic (exact) mass is 448 g/mol. The summed E-state index contributed by atoms with van der Waals surface area (Å²) in [6.07, 6.45) is 7.25. The maximum Gasteiger partial charge on any atom is 0.242 e.